The number of carbonyl (C=O) groups is 1. The van der Waals surface area contributed by atoms with Crippen molar-refractivity contribution in [2.45, 2.75) is 52.0 Å². The van der Waals surface area contributed by atoms with Gasteiger partial charge in [0, 0.05) is 28.5 Å². The molecule has 1 aliphatic carbocycles. The van der Waals surface area contributed by atoms with Crippen molar-refractivity contribution in [2.75, 3.05) is 19.0 Å². The summed E-state index contributed by atoms with van der Waals surface area (Å²) in [6, 6.07) is 5.37. The highest BCUT2D eigenvalue weighted by molar-refractivity contribution is 5.97. The summed E-state index contributed by atoms with van der Waals surface area (Å²) in [4.78, 5) is 21.3. The lowest BCUT2D eigenvalue weighted by Gasteiger charge is -2.23. The third-order valence-corrected chi connectivity index (χ3v) is 7.15. The van der Waals surface area contributed by atoms with E-state index in [2.05, 4.69) is 16.4 Å². The van der Waals surface area contributed by atoms with E-state index in [1.54, 1.807) is 13.8 Å². The van der Waals surface area contributed by atoms with Crippen LogP contribution in [0.5, 0.6) is 5.75 Å². The molecule has 1 aliphatic heterocycles. The normalized spacial score (nSPS) is 17.8. The number of anilines is 1. The minimum atomic E-state index is -2.90. The number of halogens is 3. The zero-order valence-corrected chi connectivity index (χ0v) is 20.9. The number of allylic oxidation sites excluding steroid dienone is 2. The van der Waals surface area contributed by atoms with Gasteiger partial charge in [-0.05, 0) is 44.7 Å². The molecule has 1 unspecified atom stereocenters. The first-order valence-electron chi connectivity index (χ1n) is 12.4. The lowest BCUT2D eigenvalue weighted by molar-refractivity contribution is -0.145. The van der Waals surface area contributed by atoms with Gasteiger partial charge in [0.25, 0.3) is 6.43 Å². The molecule has 2 heterocycles. The highest BCUT2D eigenvalue weighted by atomic mass is 19.3. The summed E-state index contributed by atoms with van der Waals surface area (Å²) < 4.78 is 52.3. The number of hydrogen-bond donors (Lipinski definition) is 1. The van der Waals surface area contributed by atoms with E-state index in [0.717, 1.165) is 39.4 Å². The molecule has 2 aliphatic rings. The summed E-state index contributed by atoms with van der Waals surface area (Å²) in [5, 5.41) is 3.99. The predicted molar refractivity (Wildman–Crippen MR) is 134 cm³/mol. The van der Waals surface area contributed by atoms with Gasteiger partial charge in [-0.15, -0.1) is 0 Å². The van der Waals surface area contributed by atoms with Gasteiger partial charge in [-0.25, -0.2) is 23.1 Å². The fraction of sp³-hybridized carbons (Fsp3) is 0.393. The molecule has 0 amide bonds. The number of ether oxygens (including phenoxy) is 2. The van der Waals surface area contributed by atoms with Gasteiger partial charge in [-0.2, -0.15) is 0 Å². The first-order valence-corrected chi connectivity index (χ1v) is 12.4. The largest absolute Gasteiger partial charge is 0.492 e. The molecule has 9 heteroatoms. The van der Waals surface area contributed by atoms with Crippen LogP contribution in [0.1, 0.15) is 66.7 Å². The zero-order chi connectivity index (χ0) is 26.3. The molecular formula is C28H28F3N3O3. The monoisotopic (exact) mass is 511 g/mol. The second-order valence-electron chi connectivity index (χ2n) is 9.49. The van der Waals surface area contributed by atoms with E-state index in [9.17, 15) is 18.0 Å². The molecule has 6 nitrogen and oxygen atoms in total. The van der Waals surface area contributed by atoms with Crippen LogP contribution in [0.15, 0.2) is 30.3 Å². The maximum Gasteiger partial charge on any atom is 0.308 e. The van der Waals surface area contributed by atoms with Crippen LogP contribution in [0.25, 0.3) is 16.5 Å². The molecule has 0 radical (unpaired) electrons. The molecule has 0 bridgehead atoms. The number of carbonyl (C=O) groups excluding carboxylic acids is 1. The van der Waals surface area contributed by atoms with E-state index in [0.29, 0.717) is 43.9 Å². The van der Waals surface area contributed by atoms with E-state index in [1.165, 1.54) is 19.2 Å². The number of hydrogen-bond acceptors (Lipinski definition) is 6. The summed E-state index contributed by atoms with van der Waals surface area (Å²) in [6.45, 7) is 4.03. The van der Waals surface area contributed by atoms with E-state index in [-0.39, 0.29) is 17.5 Å². The summed E-state index contributed by atoms with van der Waals surface area (Å²) in [5.74, 6) is 0.535. The van der Waals surface area contributed by atoms with Gasteiger partial charge in [0.1, 0.15) is 23.2 Å². The van der Waals surface area contributed by atoms with Crippen LogP contribution >= 0.6 is 0 Å². The number of esters is 1. The summed E-state index contributed by atoms with van der Waals surface area (Å²) >= 11 is 0. The Labute approximate surface area is 212 Å². The molecule has 1 aromatic heterocycles. The maximum absolute atomic E-state index is 14.9. The Balaban J connectivity index is 1.57. The van der Waals surface area contributed by atoms with Crippen molar-refractivity contribution in [3.8, 4) is 5.75 Å². The fourth-order valence-corrected chi connectivity index (χ4v) is 5.24. The summed E-state index contributed by atoms with van der Waals surface area (Å²) in [6.07, 6.45) is 1.80. The molecule has 0 spiro atoms. The molecule has 0 saturated heterocycles. The number of fused-ring (bicyclic) bond motifs is 3. The topological polar surface area (TPSA) is 73.3 Å². The second kappa shape index (κ2) is 10.0. The number of nitrogens with one attached hydrogen (secondary N) is 1. The Morgan fingerprint density at radius 1 is 1.22 bits per heavy atom. The molecule has 5 rings (SSSR count). The molecule has 194 valence electrons. The number of methoxy groups -OCH3 is 1. The average Bonchev–Trinajstić information content (AvgIpc) is 3.38. The van der Waals surface area contributed by atoms with Crippen molar-refractivity contribution in [2.24, 2.45) is 5.92 Å². The van der Waals surface area contributed by atoms with E-state index >= 15 is 0 Å². The first-order chi connectivity index (χ1) is 17.8. The Kier molecular flexibility index (Phi) is 6.79. The quantitative estimate of drug-likeness (QED) is 0.382. The molecule has 0 fully saturated rings. The fourth-order valence-electron chi connectivity index (χ4n) is 5.24. The zero-order valence-electron chi connectivity index (χ0n) is 20.9. The Bertz CT molecular complexity index is 1410. The van der Waals surface area contributed by atoms with Gasteiger partial charge in [0.15, 0.2) is 0 Å². The van der Waals surface area contributed by atoms with Crippen molar-refractivity contribution >= 4 is 28.3 Å². The van der Waals surface area contributed by atoms with E-state index < -0.39 is 23.8 Å². The van der Waals surface area contributed by atoms with E-state index in [1.807, 2.05) is 6.07 Å². The van der Waals surface area contributed by atoms with Crippen LogP contribution in [0.4, 0.5) is 19.0 Å². The number of nitrogens with zero attached hydrogens (tertiary/aromatic N) is 2. The van der Waals surface area contributed by atoms with Crippen LogP contribution < -0.4 is 10.1 Å². The molecule has 2 atom stereocenters. The number of rotatable bonds is 6. The Morgan fingerprint density at radius 3 is 2.70 bits per heavy atom. The molecular weight excluding hydrogens is 483 g/mol. The maximum atomic E-state index is 14.9. The average molecular weight is 512 g/mol. The standard InChI is InChI=1S/C28H28F3N3O3/c1-14(18-5-4-6-19(23(18)29)26(30)31)32-27-22-13-21(16-7-9-17(10-8-16)28(35)36-3)25-20(11-12-37-25)24(22)33-15(2)34-27/h4-7,13-14,17,26H,8-12H2,1-3H3,(H,32,33,34)/t14-,17?/m1/s1. The van der Waals surface area contributed by atoms with E-state index in [4.69, 9.17) is 14.5 Å². The number of alkyl halides is 2. The minimum absolute atomic E-state index is 0.135. The summed E-state index contributed by atoms with van der Waals surface area (Å²) in [5.41, 5.74) is 3.25. The van der Waals surface area contributed by atoms with Crippen LogP contribution in [0, 0.1) is 18.7 Å². The van der Waals surface area contributed by atoms with Crippen molar-refractivity contribution in [1.29, 1.82) is 0 Å². The highest BCUT2D eigenvalue weighted by Gasteiger charge is 2.29. The highest BCUT2D eigenvalue weighted by Crippen LogP contribution is 2.44. The van der Waals surface area contributed by atoms with Crippen molar-refractivity contribution < 1.29 is 27.4 Å². The lowest BCUT2D eigenvalue weighted by atomic mass is 9.85. The lowest BCUT2D eigenvalue weighted by Crippen LogP contribution is -2.18. The number of benzene rings is 2. The molecule has 1 N–H and O–H groups in total. The van der Waals surface area contributed by atoms with Gasteiger partial charge in [0.05, 0.1) is 36.8 Å². The van der Waals surface area contributed by atoms with Crippen molar-refractivity contribution in [3.63, 3.8) is 0 Å². The van der Waals surface area contributed by atoms with Crippen LogP contribution in [0.3, 0.4) is 0 Å². The summed E-state index contributed by atoms with van der Waals surface area (Å²) in [7, 11) is 1.40. The van der Waals surface area contributed by atoms with Crippen LogP contribution in [-0.2, 0) is 16.0 Å². The molecule has 37 heavy (non-hydrogen) atoms. The molecule has 3 aromatic rings. The minimum Gasteiger partial charge on any atom is -0.492 e. The second-order valence-corrected chi connectivity index (χ2v) is 9.49. The SMILES string of the molecule is COC(=O)C1CC=C(c2cc3c(N[C@H](C)c4cccc(C(F)F)c4F)nc(C)nc3c3c2OCC3)CC1. The van der Waals surface area contributed by atoms with Crippen molar-refractivity contribution in [3.05, 3.63) is 64.2 Å². The van der Waals surface area contributed by atoms with Crippen LogP contribution in [0.2, 0.25) is 0 Å². The van der Waals surface area contributed by atoms with Gasteiger partial charge >= 0.3 is 5.97 Å². The molecule has 0 saturated carbocycles. The van der Waals surface area contributed by atoms with Gasteiger partial charge in [-0.1, -0.05) is 24.3 Å². The number of aryl methyl sites for hydroxylation is 1. The molecule has 2 aromatic carbocycles. The van der Waals surface area contributed by atoms with Gasteiger partial charge < -0.3 is 14.8 Å². The Morgan fingerprint density at radius 2 is 2.00 bits per heavy atom. The van der Waals surface area contributed by atoms with Gasteiger partial charge in [0.2, 0.25) is 0 Å². The van der Waals surface area contributed by atoms with Crippen LogP contribution in [-0.4, -0.2) is 29.7 Å². The smallest absolute Gasteiger partial charge is 0.308 e. The Hall–Kier alpha value is -3.62. The van der Waals surface area contributed by atoms with Gasteiger partial charge in [-0.3, -0.25) is 4.79 Å². The predicted octanol–water partition coefficient (Wildman–Crippen LogP) is 6.48. The first kappa shape index (κ1) is 25.0. The number of aromatic nitrogens is 2. The third kappa shape index (κ3) is 4.63. The third-order valence-electron chi connectivity index (χ3n) is 7.15. The van der Waals surface area contributed by atoms with Crippen molar-refractivity contribution in [1.82, 2.24) is 9.97 Å².